The number of carbonyl (C=O) groups excluding carboxylic acids is 2. The van der Waals surface area contributed by atoms with E-state index in [2.05, 4.69) is 10.3 Å². The first kappa shape index (κ1) is 31.9. The average Bonchev–Trinajstić information content (AvgIpc) is 3.62. The van der Waals surface area contributed by atoms with Gasteiger partial charge in [0.25, 0.3) is 0 Å². The van der Waals surface area contributed by atoms with Gasteiger partial charge in [0.2, 0.25) is 5.91 Å². The summed E-state index contributed by atoms with van der Waals surface area (Å²) in [6.07, 6.45) is -0.945. The quantitative estimate of drug-likeness (QED) is 0.152. The van der Waals surface area contributed by atoms with E-state index in [9.17, 15) is 18.0 Å². The summed E-state index contributed by atoms with van der Waals surface area (Å²) in [5, 5.41) is 3.00. The van der Waals surface area contributed by atoms with Gasteiger partial charge in [0.05, 0.1) is 22.8 Å². The standard InChI is InChI=1S/C40H33F3N4O2/c1-2-3-13-29-35-30(25-14-5-7-16-27(25)36(35)39(49)46-23-40(41,42)43)22-31(37(29)47-33-19-9-4-12-24(33)21-34(47)44)38(48)28-17-8-6-15-26(28)32-18-10-11-20-45-32/h4-12,14-22,36H,2-3,13,23,44H2,1H3,(H,46,49). The van der Waals surface area contributed by atoms with Crippen LogP contribution < -0.4 is 11.1 Å². The Balaban J connectivity index is 1.56. The van der Waals surface area contributed by atoms with E-state index < -0.39 is 24.5 Å². The van der Waals surface area contributed by atoms with Gasteiger partial charge >= 0.3 is 6.18 Å². The third-order valence-corrected chi connectivity index (χ3v) is 9.12. The molecule has 7 rings (SSSR count). The maximum absolute atomic E-state index is 15.1. The van der Waals surface area contributed by atoms with Gasteiger partial charge in [-0.15, -0.1) is 0 Å². The lowest BCUT2D eigenvalue weighted by Crippen LogP contribution is -2.37. The van der Waals surface area contributed by atoms with Gasteiger partial charge in [-0.2, -0.15) is 13.2 Å². The third kappa shape index (κ3) is 5.75. The van der Waals surface area contributed by atoms with Crippen LogP contribution in [0.25, 0.3) is 39.0 Å². The SMILES string of the molecule is CCCCc1c2c(cc(C(=O)c3ccccc3-c3ccccn3)c1-n1c(N)cc3ccccc31)-c1ccccc1C2C(=O)NCC(F)(F)F. The van der Waals surface area contributed by atoms with Gasteiger partial charge in [-0.25, -0.2) is 0 Å². The van der Waals surface area contributed by atoms with Crippen molar-refractivity contribution in [2.24, 2.45) is 0 Å². The molecule has 0 saturated carbocycles. The number of nitrogens with two attached hydrogens (primary N) is 1. The van der Waals surface area contributed by atoms with Crippen LogP contribution in [0.1, 0.15) is 58.3 Å². The molecule has 0 aliphatic heterocycles. The van der Waals surface area contributed by atoms with E-state index in [1.54, 1.807) is 36.5 Å². The zero-order valence-electron chi connectivity index (χ0n) is 26.7. The molecule has 0 saturated heterocycles. The van der Waals surface area contributed by atoms with Crippen LogP contribution in [0.3, 0.4) is 0 Å². The van der Waals surface area contributed by atoms with Gasteiger partial charge in [0, 0.05) is 28.3 Å². The number of para-hydroxylation sites is 1. The molecule has 1 aliphatic rings. The van der Waals surface area contributed by atoms with Crippen LogP contribution >= 0.6 is 0 Å². The Bertz CT molecular complexity index is 2220. The fourth-order valence-corrected chi connectivity index (χ4v) is 7.04. The molecule has 1 amide bonds. The molecule has 4 aromatic carbocycles. The molecular formula is C40H33F3N4O2. The van der Waals surface area contributed by atoms with Crippen molar-refractivity contribution in [3.63, 3.8) is 0 Å². The summed E-state index contributed by atoms with van der Waals surface area (Å²) in [6.45, 7) is 0.590. The lowest BCUT2D eigenvalue weighted by molar-refractivity contribution is -0.138. The fourth-order valence-electron chi connectivity index (χ4n) is 7.04. The van der Waals surface area contributed by atoms with Crippen LogP contribution in [-0.2, 0) is 11.2 Å². The number of hydrogen-bond acceptors (Lipinski definition) is 4. The number of nitrogens with zero attached hydrogens (tertiary/aromatic N) is 2. The van der Waals surface area contributed by atoms with Crippen molar-refractivity contribution in [1.82, 2.24) is 14.9 Å². The molecule has 0 radical (unpaired) electrons. The van der Waals surface area contributed by atoms with Crippen LogP contribution in [0, 0.1) is 0 Å². The highest BCUT2D eigenvalue weighted by Crippen LogP contribution is 2.50. The van der Waals surface area contributed by atoms with Crippen molar-refractivity contribution in [3.05, 3.63) is 137 Å². The van der Waals surface area contributed by atoms with Gasteiger partial charge in [-0.05, 0) is 71.0 Å². The van der Waals surface area contributed by atoms with Gasteiger partial charge < -0.3 is 11.1 Å². The van der Waals surface area contributed by atoms with Crippen LogP contribution in [0.4, 0.5) is 19.0 Å². The van der Waals surface area contributed by atoms with Crippen LogP contribution in [0.2, 0.25) is 0 Å². The molecular weight excluding hydrogens is 625 g/mol. The Kier molecular flexibility index (Phi) is 8.28. The minimum absolute atomic E-state index is 0.267. The molecule has 49 heavy (non-hydrogen) atoms. The number of benzene rings is 4. The molecule has 0 fully saturated rings. The summed E-state index contributed by atoms with van der Waals surface area (Å²) in [5.74, 6) is -1.65. The number of hydrogen-bond donors (Lipinski definition) is 2. The highest BCUT2D eigenvalue weighted by atomic mass is 19.4. The monoisotopic (exact) mass is 658 g/mol. The number of nitrogens with one attached hydrogen (secondary N) is 1. The van der Waals surface area contributed by atoms with E-state index in [-0.39, 0.29) is 5.78 Å². The third-order valence-electron chi connectivity index (χ3n) is 9.12. The zero-order valence-corrected chi connectivity index (χ0v) is 26.7. The summed E-state index contributed by atoms with van der Waals surface area (Å²) >= 11 is 0. The Hall–Kier alpha value is -5.70. The van der Waals surface area contributed by atoms with E-state index in [1.165, 1.54) is 0 Å². The molecule has 1 atom stereocenters. The highest BCUT2D eigenvalue weighted by molar-refractivity contribution is 6.16. The molecule has 6 aromatic rings. The molecule has 6 nitrogen and oxygen atoms in total. The van der Waals surface area contributed by atoms with E-state index in [1.807, 2.05) is 84.3 Å². The van der Waals surface area contributed by atoms with Crippen molar-refractivity contribution < 1.29 is 22.8 Å². The number of carbonyl (C=O) groups is 2. The van der Waals surface area contributed by atoms with Gasteiger partial charge in [0.1, 0.15) is 12.4 Å². The van der Waals surface area contributed by atoms with E-state index in [4.69, 9.17) is 5.73 Å². The number of amides is 1. The minimum atomic E-state index is -4.58. The predicted molar refractivity (Wildman–Crippen MR) is 186 cm³/mol. The van der Waals surface area contributed by atoms with Gasteiger partial charge in [-0.1, -0.05) is 86.1 Å². The number of nitrogen functional groups attached to an aromatic ring is 1. The summed E-state index contributed by atoms with van der Waals surface area (Å²) in [5.41, 5.74) is 13.4. The van der Waals surface area contributed by atoms with Crippen molar-refractivity contribution >= 4 is 28.4 Å². The zero-order chi connectivity index (χ0) is 34.3. The van der Waals surface area contributed by atoms with Crippen LogP contribution in [0.5, 0.6) is 0 Å². The molecule has 1 aliphatic carbocycles. The number of alkyl halides is 3. The lowest BCUT2D eigenvalue weighted by atomic mass is 9.84. The van der Waals surface area contributed by atoms with Crippen molar-refractivity contribution in [2.75, 3.05) is 12.3 Å². The van der Waals surface area contributed by atoms with E-state index >= 15 is 4.79 Å². The van der Waals surface area contributed by atoms with Crippen LogP contribution in [0.15, 0.2) is 109 Å². The number of unbranched alkanes of at least 4 members (excludes halogenated alkanes) is 1. The maximum atomic E-state index is 15.1. The van der Waals surface area contributed by atoms with Crippen molar-refractivity contribution in [1.29, 1.82) is 0 Å². The van der Waals surface area contributed by atoms with E-state index in [0.29, 0.717) is 74.5 Å². The Morgan fingerprint density at radius 3 is 2.33 bits per heavy atom. The number of halogens is 3. The first-order valence-electron chi connectivity index (χ1n) is 16.2. The molecule has 2 aromatic heterocycles. The molecule has 0 bridgehead atoms. The van der Waals surface area contributed by atoms with Gasteiger partial charge in [-0.3, -0.25) is 19.1 Å². The number of rotatable bonds is 9. The molecule has 1 unspecified atom stereocenters. The van der Waals surface area contributed by atoms with E-state index in [0.717, 1.165) is 17.3 Å². The lowest BCUT2D eigenvalue weighted by Gasteiger charge is -2.24. The molecule has 0 spiro atoms. The second-order valence-corrected chi connectivity index (χ2v) is 12.2. The topological polar surface area (TPSA) is 90.0 Å². The summed E-state index contributed by atoms with van der Waals surface area (Å²) in [7, 11) is 0. The normalized spacial score (nSPS) is 13.7. The first-order chi connectivity index (χ1) is 23.7. The Morgan fingerprint density at radius 1 is 0.857 bits per heavy atom. The predicted octanol–water partition coefficient (Wildman–Crippen LogP) is 8.64. The van der Waals surface area contributed by atoms with Crippen molar-refractivity contribution in [3.8, 4) is 28.1 Å². The molecule has 246 valence electrons. The number of anilines is 1. The number of ketones is 1. The summed E-state index contributed by atoms with van der Waals surface area (Å²) in [4.78, 5) is 33.5. The van der Waals surface area contributed by atoms with Crippen molar-refractivity contribution in [2.45, 2.75) is 38.3 Å². The molecule has 9 heteroatoms. The number of pyridine rings is 1. The Morgan fingerprint density at radius 2 is 1.57 bits per heavy atom. The summed E-state index contributed by atoms with van der Waals surface area (Å²) < 4.78 is 42.0. The molecule has 2 heterocycles. The minimum Gasteiger partial charge on any atom is -0.385 e. The second-order valence-electron chi connectivity index (χ2n) is 12.2. The largest absolute Gasteiger partial charge is 0.405 e. The number of fused-ring (bicyclic) bond motifs is 4. The Labute approximate surface area is 281 Å². The maximum Gasteiger partial charge on any atom is 0.405 e. The average molecular weight is 659 g/mol. The highest BCUT2D eigenvalue weighted by Gasteiger charge is 2.40. The number of aromatic nitrogens is 2. The van der Waals surface area contributed by atoms with Crippen LogP contribution in [-0.4, -0.2) is 34.0 Å². The smallest absolute Gasteiger partial charge is 0.385 e. The fraction of sp³-hybridized carbons (Fsp3) is 0.175. The molecule has 3 N–H and O–H groups in total. The van der Waals surface area contributed by atoms with Gasteiger partial charge in [0.15, 0.2) is 5.78 Å². The first-order valence-corrected chi connectivity index (χ1v) is 16.2. The second kappa shape index (κ2) is 12.7. The summed E-state index contributed by atoms with van der Waals surface area (Å²) in [6, 6.07) is 31.3.